The molecule has 2 aromatic rings. The summed E-state index contributed by atoms with van der Waals surface area (Å²) in [5.74, 6) is 0.802. The van der Waals surface area contributed by atoms with Crippen molar-refractivity contribution in [1.29, 1.82) is 0 Å². The van der Waals surface area contributed by atoms with E-state index >= 15 is 0 Å². The maximum atomic E-state index is 12.3. The number of benzene rings is 2. The molecule has 1 atom stereocenters. The van der Waals surface area contributed by atoms with E-state index in [1.807, 2.05) is 43.1 Å². The molecule has 0 spiro atoms. The lowest BCUT2D eigenvalue weighted by Crippen LogP contribution is -2.45. The fourth-order valence-electron chi connectivity index (χ4n) is 3.44. The largest absolute Gasteiger partial charge is 0.489 e. The van der Waals surface area contributed by atoms with Crippen molar-refractivity contribution in [2.75, 3.05) is 7.05 Å². The van der Waals surface area contributed by atoms with Gasteiger partial charge in [-0.3, -0.25) is 4.79 Å². The average molecular weight is 395 g/mol. The number of allylic oxidation sites excluding steroid dienone is 1. The van der Waals surface area contributed by atoms with Gasteiger partial charge < -0.3 is 15.0 Å². The smallest absolute Gasteiger partial charge is 0.173 e. The lowest BCUT2D eigenvalue weighted by Gasteiger charge is -2.35. The topological polar surface area (TPSA) is 41.6 Å². The number of nitrogens with zero attached hydrogens (tertiary/aromatic N) is 1. The molecule has 146 valence electrons. The molecule has 5 heteroatoms. The predicted octanol–water partition coefficient (Wildman–Crippen LogP) is 4.61. The van der Waals surface area contributed by atoms with Crippen molar-refractivity contribution in [3.05, 3.63) is 76.0 Å². The highest BCUT2D eigenvalue weighted by Gasteiger charge is 2.30. The first-order valence-electron chi connectivity index (χ1n) is 9.32. The van der Waals surface area contributed by atoms with Crippen molar-refractivity contribution in [3.8, 4) is 5.75 Å². The maximum Gasteiger partial charge on any atom is 0.173 e. The van der Waals surface area contributed by atoms with Crippen molar-refractivity contribution in [3.63, 3.8) is 0 Å². The van der Waals surface area contributed by atoms with Crippen molar-refractivity contribution in [2.45, 2.75) is 40.3 Å². The van der Waals surface area contributed by atoms with Gasteiger partial charge in [0.05, 0.1) is 6.04 Å². The van der Waals surface area contributed by atoms with Crippen LogP contribution in [0, 0.1) is 13.8 Å². The van der Waals surface area contributed by atoms with E-state index in [1.54, 1.807) is 6.92 Å². The van der Waals surface area contributed by atoms with Crippen LogP contribution in [0.1, 0.15) is 42.1 Å². The Morgan fingerprint density at radius 3 is 2.64 bits per heavy atom. The molecule has 1 heterocycles. The van der Waals surface area contributed by atoms with Gasteiger partial charge in [-0.25, -0.2) is 0 Å². The minimum atomic E-state index is -0.273. The molecule has 2 aromatic carbocycles. The first-order valence-corrected chi connectivity index (χ1v) is 9.73. The number of ketones is 1. The normalized spacial score (nSPS) is 16.8. The van der Waals surface area contributed by atoms with Crippen LogP contribution in [-0.4, -0.2) is 22.8 Å². The second-order valence-corrected chi connectivity index (χ2v) is 7.67. The molecule has 0 saturated heterocycles. The summed E-state index contributed by atoms with van der Waals surface area (Å²) < 4.78 is 6.06. The molecule has 3 rings (SSSR count). The second-order valence-electron chi connectivity index (χ2n) is 7.29. The molecule has 0 amide bonds. The molecule has 0 bridgehead atoms. The first kappa shape index (κ1) is 20.1. The van der Waals surface area contributed by atoms with Crippen molar-refractivity contribution in [2.24, 2.45) is 0 Å². The molecular weight excluding hydrogens is 368 g/mol. The number of Topliss-reactive ketones (excluding diaryl/α,β-unsaturated/α-hetero) is 1. The van der Waals surface area contributed by atoms with Crippen LogP contribution in [0.3, 0.4) is 0 Å². The van der Waals surface area contributed by atoms with E-state index in [1.165, 1.54) is 16.7 Å². The lowest BCUT2D eigenvalue weighted by atomic mass is 9.92. The Bertz CT molecular complexity index is 965. The SMILES string of the molecule is CC(=O)C1=C(C)N(C)C(=S)NC1c1cccc(OCc2cc(C)ccc2C)c1. The van der Waals surface area contributed by atoms with Gasteiger partial charge in [-0.1, -0.05) is 35.9 Å². The maximum absolute atomic E-state index is 12.3. The second kappa shape index (κ2) is 8.15. The fourth-order valence-corrected chi connectivity index (χ4v) is 3.70. The van der Waals surface area contributed by atoms with Crippen molar-refractivity contribution in [1.82, 2.24) is 10.2 Å². The van der Waals surface area contributed by atoms with Gasteiger partial charge in [-0.05, 0) is 68.7 Å². The molecule has 0 saturated carbocycles. The molecule has 0 aliphatic carbocycles. The summed E-state index contributed by atoms with van der Waals surface area (Å²) in [5, 5.41) is 3.89. The highest BCUT2D eigenvalue weighted by molar-refractivity contribution is 7.80. The molecule has 0 aromatic heterocycles. The zero-order valence-electron chi connectivity index (χ0n) is 17.0. The van der Waals surface area contributed by atoms with Gasteiger partial charge in [0.1, 0.15) is 12.4 Å². The quantitative estimate of drug-likeness (QED) is 0.750. The Hall–Kier alpha value is -2.66. The summed E-state index contributed by atoms with van der Waals surface area (Å²) in [6.07, 6.45) is 0. The molecule has 28 heavy (non-hydrogen) atoms. The summed E-state index contributed by atoms with van der Waals surface area (Å²) in [7, 11) is 1.87. The Morgan fingerprint density at radius 1 is 1.18 bits per heavy atom. The van der Waals surface area contributed by atoms with Crippen molar-refractivity contribution >= 4 is 23.1 Å². The summed E-state index contributed by atoms with van der Waals surface area (Å²) in [6.45, 7) is 8.19. The monoisotopic (exact) mass is 394 g/mol. The highest BCUT2D eigenvalue weighted by atomic mass is 32.1. The van der Waals surface area contributed by atoms with E-state index in [9.17, 15) is 4.79 Å². The van der Waals surface area contributed by atoms with Crippen LogP contribution < -0.4 is 10.1 Å². The Labute approximate surface area is 172 Å². The van der Waals surface area contributed by atoms with Crippen LogP contribution in [0.25, 0.3) is 0 Å². The zero-order valence-corrected chi connectivity index (χ0v) is 17.8. The van der Waals surface area contributed by atoms with Crippen LogP contribution >= 0.6 is 12.2 Å². The number of carbonyl (C=O) groups is 1. The first-order chi connectivity index (χ1) is 13.3. The average Bonchev–Trinajstić information content (AvgIpc) is 2.66. The molecule has 1 aliphatic rings. The standard InChI is InChI=1S/C23H26N2O2S/c1-14-9-10-15(2)19(11-14)13-27-20-8-6-7-18(12-20)22-21(17(4)26)16(3)25(5)23(28)24-22/h6-12,22H,13H2,1-5H3,(H,24,28). The Morgan fingerprint density at radius 2 is 1.93 bits per heavy atom. The van der Waals surface area contributed by atoms with Gasteiger partial charge in [0.2, 0.25) is 0 Å². The van der Waals surface area contributed by atoms with Gasteiger partial charge in [-0.2, -0.15) is 0 Å². The molecule has 1 N–H and O–H groups in total. The minimum absolute atomic E-state index is 0.0334. The Kier molecular flexibility index (Phi) is 5.84. The van der Waals surface area contributed by atoms with Gasteiger partial charge in [0, 0.05) is 18.3 Å². The number of nitrogens with one attached hydrogen (secondary N) is 1. The predicted molar refractivity (Wildman–Crippen MR) is 116 cm³/mol. The van der Waals surface area contributed by atoms with Crippen LogP contribution in [0.15, 0.2) is 53.7 Å². The van der Waals surface area contributed by atoms with Crippen molar-refractivity contribution < 1.29 is 9.53 Å². The molecule has 0 radical (unpaired) electrons. The lowest BCUT2D eigenvalue weighted by molar-refractivity contribution is -0.114. The third kappa shape index (κ3) is 4.09. The number of hydrogen-bond donors (Lipinski definition) is 1. The number of aryl methyl sites for hydroxylation is 2. The zero-order chi connectivity index (χ0) is 20.4. The van der Waals surface area contributed by atoms with Crippen LogP contribution in [0.2, 0.25) is 0 Å². The molecular formula is C23H26N2O2S. The van der Waals surface area contributed by atoms with Crippen LogP contribution in [-0.2, 0) is 11.4 Å². The van der Waals surface area contributed by atoms with Gasteiger partial charge in [0.15, 0.2) is 10.9 Å². The summed E-state index contributed by atoms with van der Waals surface area (Å²) >= 11 is 5.43. The van der Waals surface area contributed by atoms with E-state index < -0.39 is 0 Å². The van der Waals surface area contributed by atoms with E-state index in [0.717, 1.165) is 22.6 Å². The summed E-state index contributed by atoms with van der Waals surface area (Å²) in [5.41, 5.74) is 6.16. The third-order valence-corrected chi connectivity index (χ3v) is 5.62. The Balaban J connectivity index is 1.87. The summed E-state index contributed by atoms with van der Waals surface area (Å²) in [4.78, 5) is 14.1. The van der Waals surface area contributed by atoms with Gasteiger partial charge in [0.25, 0.3) is 0 Å². The van der Waals surface area contributed by atoms with Gasteiger partial charge >= 0.3 is 0 Å². The van der Waals surface area contributed by atoms with Crippen LogP contribution in [0.4, 0.5) is 0 Å². The number of thiocarbonyl (C=S) groups is 1. The van der Waals surface area contributed by atoms with E-state index in [0.29, 0.717) is 11.7 Å². The van der Waals surface area contributed by atoms with Crippen LogP contribution in [0.5, 0.6) is 5.75 Å². The fraction of sp³-hybridized carbons (Fsp3) is 0.304. The minimum Gasteiger partial charge on any atom is -0.489 e. The molecule has 1 unspecified atom stereocenters. The number of hydrogen-bond acceptors (Lipinski definition) is 3. The van der Waals surface area contributed by atoms with E-state index in [4.69, 9.17) is 17.0 Å². The number of ether oxygens (including phenoxy) is 1. The van der Waals surface area contributed by atoms with E-state index in [-0.39, 0.29) is 11.8 Å². The molecule has 4 nitrogen and oxygen atoms in total. The highest BCUT2D eigenvalue weighted by Crippen LogP contribution is 2.32. The third-order valence-electron chi connectivity index (χ3n) is 5.22. The van der Waals surface area contributed by atoms with Gasteiger partial charge in [-0.15, -0.1) is 0 Å². The molecule has 1 aliphatic heterocycles. The summed E-state index contributed by atoms with van der Waals surface area (Å²) in [6, 6.07) is 13.9. The van der Waals surface area contributed by atoms with E-state index in [2.05, 4.69) is 37.4 Å². The number of rotatable bonds is 5. The number of carbonyl (C=O) groups excluding carboxylic acids is 1. The molecule has 0 fully saturated rings.